The van der Waals surface area contributed by atoms with Crippen molar-refractivity contribution in [3.05, 3.63) is 30.4 Å². The molecule has 2 aliphatic heterocycles. The number of aromatic amines is 1. The monoisotopic (exact) mass is 282 g/mol. The Balaban J connectivity index is 1.95. The highest BCUT2D eigenvalue weighted by atomic mass is 16.3. The molecular formula is C14H14N6O. The van der Waals surface area contributed by atoms with Gasteiger partial charge in [0.05, 0.1) is 18.0 Å². The fourth-order valence-electron chi connectivity index (χ4n) is 2.40. The molecule has 106 valence electrons. The molecule has 2 aromatic heterocycles. The number of rotatable bonds is 4. The SMILES string of the molecule is CCCCc1nc2nncc-2c2nc(-c3ccco3)[nH]n12. The summed E-state index contributed by atoms with van der Waals surface area (Å²) in [6.45, 7) is 2.16. The Morgan fingerprint density at radius 3 is 3.10 bits per heavy atom. The Bertz CT molecular complexity index is 844. The van der Waals surface area contributed by atoms with Crippen LogP contribution in [0.5, 0.6) is 0 Å². The van der Waals surface area contributed by atoms with Crippen LogP contribution in [0.2, 0.25) is 0 Å². The van der Waals surface area contributed by atoms with Gasteiger partial charge < -0.3 is 4.42 Å². The highest BCUT2D eigenvalue weighted by Gasteiger charge is 2.19. The van der Waals surface area contributed by atoms with Gasteiger partial charge in [0.1, 0.15) is 5.82 Å². The average Bonchev–Trinajstić information content (AvgIpc) is 3.20. The van der Waals surface area contributed by atoms with Gasteiger partial charge >= 0.3 is 0 Å². The van der Waals surface area contributed by atoms with E-state index in [1.807, 2.05) is 16.6 Å². The van der Waals surface area contributed by atoms with Crippen molar-refractivity contribution in [1.82, 2.24) is 29.8 Å². The minimum atomic E-state index is 0.638. The molecule has 7 heteroatoms. The molecule has 2 aliphatic rings. The summed E-state index contributed by atoms with van der Waals surface area (Å²) in [4.78, 5) is 9.20. The van der Waals surface area contributed by atoms with Gasteiger partial charge in [-0.3, -0.25) is 5.10 Å². The third kappa shape index (κ3) is 1.89. The highest BCUT2D eigenvalue weighted by Crippen LogP contribution is 2.25. The van der Waals surface area contributed by atoms with Gasteiger partial charge in [-0.05, 0) is 18.6 Å². The van der Waals surface area contributed by atoms with Gasteiger partial charge in [-0.1, -0.05) is 13.3 Å². The van der Waals surface area contributed by atoms with Crippen LogP contribution in [0.4, 0.5) is 0 Å². The van der Waals surface area contributed by atoms with E-state index in [1.54, 1.807) is 12.5 Å². The lowest BCUT2D eigenvalue weighted by molar-refractivity contribution is 0.576. The van der Waals surface area contributed by atoms with Gasteiger partial charge in [0.25, 0.3) is 0 Å². The quantitative estimate of drug-likeness (QED) is 0.621. The van der Waals surface area contributed by atoms with Gasteiger partial charge in [-0.25, -0.2) is 14.5 Å². The number of H-pyrrole nitrogens is 1. The molecule has 2 aromatic rings. The average molecular weight is 282 g/mol. The van der Waals surface area contributed by atoms with Gasteiger partial charge in [0.15, 0.2) is 23.1 Å². The summed E-state index contributed by atoms with van der Waals surface area (Å²) < 4.78 is 7.31. The maximum Gasteiger partial charge on any atom is 0.190 e. The van der Waals surface area contributed by atoms with Crippen molar-refractivity contribution in [3.63, 3.8) is 0 Å². The minimum absolute atomic E-state index is 0.638. The van der Waals surface area contributed by atoms with E-state index in [4.69, 9.17) is 4.42 Å². The topological polar surface area (TPSA) is 84.9 Å². The van der Waals surface area contributed by atoms with Crippen molar-refractivity contribution in [1.29, 1.82) is 0 Å². The van der Waals surface area contributed by atoms with E-state index in [2.05, 4.69) is 32.2 Å². The molecule has 0 aliphatic carbocycles. The van der Waals surface area contributed by atoms with Crippen LogP contribution in [0.25, 0.3) is 28.6 Å². The first kappa shape index (κ1) is 12.1. The summed E-state index contributed by atoms with van der Waals surface area (Å²) in [5.41, 5.74) is 1.62. The minimum Gasteiger partial charge on any atom is -0.461 e. The smallest absolute Gasteiger partial charge is 0.190 e. The maximum absolute atomic E-state index is 5.40. The number of unbranched alkanes of at least 4 members (excludes halogenated alkanes) is 1. The molecule has 0 bridgehead atoms. The number of hydrogen-bond acceptors (Lipinski definition) is 5. The van der Waals surface area contributed by atoms with Gasteiger partial charge in [0.2, 0.25) is 0 Å². The van der Waals surface area contributed by atoms with E-state index in [-0.39, 0.29) is 0 Å². The van der Waals surface area contributed by atoms with Gasteiger partial charge in [-0.15, -0.1) is 5.10 Å². The molecule has 0 radical (unpaired) electrons. The third-order valence-electron chi connectivity index (χ3n) is 3.47. The number of nitrogens with one attached hydrogen (secondary N) is 1. The molecule has 0 aromatic carbocycles. The summed E-state index contributed by atoms with van der Waals surface area (Å²) in [6, 6.07) is 3.71. The fourth-order valence-corrected chi connectivity index (χ4v) is 2.40. The Morgan fingerprint density at radius 2 is 2.29 bits per heavy atom. The zero-order valence-corrected chi connectivity index (χ0v) is 11.6. The second-order valence-corrected chi connectivity index (χ2v) is 4.92. The molecule has 4 heterocycles. The van der Waals surface area contributed by atoms with Crippen LogP contribution in [0.15, 0.2) is 29.0 Å². The molecule has 4 rings (SSSR count). The van der Waals surface area contributed by atoms with Crippen molar-refractivity contribution in [2.75, 3.05) is 0 Å². The Hall–Kier alpha value is -2.70. The molecule has 0 fully saturated rings. The van der Waals surface area contributed by atoms with E-state index >= 15 is 0 Å². The van der Waals surface area contributed by atoms with Crippen molar-refractivity contribution < 1.29 is 4.42 Å². The number of furan rings is 1. The summed E-state index contributed by atoms with van der Waals surface area (Å²) in [6.07, 6.45) is 6.34. The van der Waals surface area contributed by atoms with Crippen molar-refractivity contribution >= 4 is 5.65 Å². The first-order valence-electron chi connectivity index (χ1n) is 6.99. The molecule has 0 unspecified atom stereocenters. The lowest BCUT2D eigenvalue weighted by Crippen LogP contribution is -2.05. The summed E-state index contributed by atoms with van der Waals surface area (Å²) >= 11 is 0. The van der Waals surface area contributed by atoms with Gasteiger partial charge in [0, 0.05) is 6.42 Å². The maximum atomic E-state index is 5.40. The molecule has 21 heavy (non-hydrogen) atoms. The van der Waals surface area contributed by atoms with E-state index in [9.17, 15) is 0 Å². The van der Waals surface area contributed by atoms with Gasteiger partial charge in [-0.2, -0.15) is 5.10 Å². The first-order valence-corrected chi connectivity index (χ1v) is 6.99. The Kier molecular flexibility index (Phi) is 2.70. The highest BCUT2D eigenvalue weighted by molar-refractivity contribution is 5.74. The normalized spacial score (nSPS) is 11.7. The second kappa shape index (κ2) is 4.69. The molecule has 0 atom stereocenters. The van der Waals surface area contributed by atoms with Crippen LogP contribution in [0, 0.1) is 0 Å². The van der Waals surface area contributed by atoms with Crippen LogP contribution in [0.3, 0.4) is 0 Å². The van der Waals surface area contributed by atoms with E-state index in [0.29, 0.717) is 17.4 Å². The predicted octanol–water partition coefficient (Wildman–Crippen LogP) is 2.55. The standard InChI is InChI=1S/C14H14N6O/c1-2-3-6-11-16-12-9(8-15-18-12)14-17-13(19-20(11)14)10-5-4-7-21-10/h4-5,7-8H,2-3,6H2,1H3,(H,17,19). The largest absolute Gasteiger partial charge is 0.461 e. The molecule has 0 saturated heterocycles. The van der Waals surface area contributed by atoms with Crippen LogP contribution >= 0.6 is 0 Å². The van der Waals surface area contributed by atoms with Crippen molar-refractivity contribution in [2.24, 2.45) is 0 Å². The Morgan fingerprint density at radius 1 is 1.33 bits per heavy atom. The fraction of sp³-hybridized carbons (Fsp3) is 0.286. The molecule has 0 saturated carbocycles. The zero-order valence-electron chi connectivity index (χ0n) is 11.6. The third-order valence-corrected chi connectivity index (χ3v) is 3.47. The number of fused-ring (bicyclic) bond motifs is 3. The van der Waals surface area contributed by atoms with Crippen LogP contribution in [-0.2, 0) is 6.42 Å². The van der Waals surface area contributed by atoms with Crippen LogP contribution in [0.1, 0.15) is 25.6 Å². The predicted molar refractivity (Wildman–Crippen MR) is 75.9 cm³/mol. The number of hydrogen-bond donors (Lipinski definition) is 1. The van der Waals surface area contributed by atoms with E-state index in [1.165, 1.54) is 0 Å². The summed E-state index contributed by atoms with van der Waals surface area (Å²) in [5.74, 6) is 2.91. The number of aryl methyl sites for hydroxylation is 1. The first-order chi connectivity index (χ1) is 10.4. The molecule has 0 amide bonds. The molecule has 7 nitrogen and oxygen atoms in total. The molecule has 0 spiro atoms. The molecule has 1 N–H and O–H groups in total. The van der Waals surface area contributed by atoms with Crippen LogP contribution < -0.4 is 0 Å². The zero-order chi connectivity index (χ0) is 14.2. The second-order valence-electron chi connectivity index (χ2n) is 4.92. The van der Waals surface area contributed by atoms with Crippen molar-refractivity contribution in [2.45, 2.75) is 26.2 Å². The van der Waals surface area contributed by atoms with Crippen molar-refractivity contribution in [3.8, 4) is 23.0 Å². The number of nitrogens with zero attached hydrogens (tertiary/aromatic N) is 5. The molecular weight excluding hydrogens is 268 g/mol. The summed E-state index contributed by atoms with van der Waals surface area (Å²) in [7, 11) is 0. The van der Waals surface area contributed by atoms with Crippen LogP contribution in [-0.4, -0.2) is 29.8 Å². The lowest BCUT2D eigenvalue weighted by atomic mass is 10.2. The number of aromatic nitrogens is 6. The summed E-state index contributed by atoms with van der Waals surface area (Å²) in [5, 5.41) is 11.3. The van der Waals surface area contributed by atoms with E-state index < -0.39 is 0 Å². The lowest BCUT2D eigenvalue weighted by Gasteiger charge is -2.05. The van der Waals surface area contributed by atoms with E-state index in [0.717, 1.165) is 36.3 Å². The Labute approximate surface area is 120 Å².